The van der Waals surface area contributed by atoms with E-state index in [-0.39, 0.29) is 0 Å². The van der Waals surface area contributed by atoms with E-state index in [2.05, 4.69) is 19.2 Å². The molecule has 2 rings (SSSR count). The van der Waals surface area contributed by atoms with Crippen LogP contribution in [0.15, 0.2) is 0 Å². The molecule has 1 unspecified atom stereocenters. The summed E-state index contributed by atoms with van der Waals surface area (Å²) in [7, 11) is 0. The number of rotatable bonds is 5. The van der Waals surface area contributed by atoms with Gasteiger partial charge in [-0.1, -0.05) is 6.92 Å². The molecule has 2 saturated carbocycles. The van der Waals surface area contributed by atoms with Gasteiger partial charge in [0, 0.05) is 18.1 Å². The third-order valence-corrected chi connectivity index (χ3v) is 5.54. The predicted molar refractivity (Wildman–Crippen MR) is 83.2 cm³/mol. The Bertz CT molecular complexity index is 238. The van der Waals surface area contributed by atoms with E-state index in [1.165, 1.54) is 64.2 Å². The molecule has 0 aromatic heterocycles. The zero-order chi connectivity index (χ0) is 13.7. The Morgan fingerprint density at radius 1 is 0.947 bits per heavy atom. The van der Waals surface area contributed by atoms with Crippen molar-refractivity contribution in [1.29, 1.82) is 0 Å². The summed E-state index contributed by atoms with van der Waals surface area (Å²) >= 11 is 0. The fraction of sp³-hybridized carbons (Fsp3) is 1.00. The molecule has 0 aliphatic heterocycles. The van der Waals surface area contributed by atoms with Gasteiger partial charge in [-0.25, -0.2) is 0 Å². The first kappa shape index (κ1) is 15.3. The Morgan fingerprint density at radius 2 is 1.47 bits per heavy atom. The van der Waals surface area contributed by atoms with Gasteiger partial charge < -0.3 is 11.1 Å². The van der Waals surface area contributed by atoms with E-state index in [1.54, 1.807) is 0 Å². The lowest BCUT2D eigenvalue weighted by molar-refractivity contribution is 0.210. The van der Waals surface area contributed by atoms with Crippen LogP contribution < -0.4 is 11.1 Å². The number of nitrogens with one attached hydrogen (secondary N) is 1. The van der Waals surface area contributed by atoms with Gasteiger partial charge in [0.1, 0.15) is 0 Å². The smallest absolute Gasteiger partial charge is 0.00697 e. The maximum Gasteiger partial charge on any atom is 0.00697 e. The summed E-state index contributed by atoms with van der Waals surface area (Å²) in [5.41, 5.74) is 6.00. The molecule has 0 heterocycles. The van der Waals surface area contributed by atoms with E-state index < -0.39 is 0 Å². The van der Waals surface area contributed by atoms with E-state index >= 15 is 0 Å². The second kappa shape index (κ2) is 7.64. The zero-order valence-corrected chi connectivity index (χ0v) is 13.0. The first-order valence-corrected chi connectivity index (χ1v) is 8.69. The first-order chi connectivity index (χ1) is 9.17. The average Bonchev–Trinajstić information content (AvgIpc) is 2.43. The highest BCUT2D eigenvalue weighted by Gasteiger charge is 2.26. The normalized spacial score (nSPS) is 38.1. The van der Waals surface area contributed by atoms with Crippen molar-refractivity contribution in [2.75, 3.05) is 0 Å². The van der Waals surface area contributed by atoms with Crippen LogP contribution in [0.2, 0.25) is 0 Å². The quantitative estimate of drug-likeness (QED) is 0.793. The molecule has 0 amide bonds. The topological polar surface area (TPSA) is 38.0 Å². The van der Waals surface area contributed by atoms with Gasteiger partial charge in [0.15, 0.2) is 0 Å². The molecule has 0 spiro atoms. The number of hydrogen-bond donors (Lipinski definition) is 2. The molecule has 0 bridgehead atoms. The van der Waals surface area contributed by atoms with Crippen LogP contribution in [0.1, 0.15) is 78.1 Å². The van der Waals surface area contributed by atoms with Crippen molar-refractivity contribution < 1.29 is 0 Å². The molecule has 2 fully saturated rings. The van der Waals surface area contributed by atoms with Crippen LogP contribution in [0.25, 0.3) is 0 Å². The van der Waals surface area contributed by atoms with Gasteiger partial charge in [0.05, 0.1) is 0 Å². The van der Waals surface area contributed by atoms with Gasteiger partial charge in [0.2, 0.25) is 0 Å². The Kier molecular flexibility index (Phi) is 6.15. The fourth-order valence-electron chi connectivity index (χ4n) is 3.98. The third-order valence-electron chi connectivity index (χ3n) is 5.54. The lowest BCUT2D eigenvalue weighted by Gasteiger charge is -2.34. The Morgan fingerprint density at radius 3 is 2.00 bits per heavy atom. The molecule has 0 saturated heterocycles. The zero-order valence-electron chi connectivity index (χ0n) is 13.0. The molecule has 0 aromatic rings. The van der Waals surface area contributed by atoms with Crippen molar-refractivity contribution >= 4 is 0 Å². The van der Waals surface area contributed by atoms with E-state index in [1.807, 2.05) is 0 Å². The highest BCUT2D eigenvalue weighted by Crippen LogP contribution is 2.35. The second-order valence-electron chi connectivity index (χ2n) is 7.21. The highest BCUT2D eigenvalue weighted by molar-refractivity contribution is 4.82. The van der Waals surface area contributed by atoms with Crippen molar-refractivity contribution in [2.45, 2.75) is 96.2 Å². The van der Waals surface area contributed by atoms with Crippen LogP contribution in [-0.2, 0) is 0 Å². The summed E-state index contributed by atoms with van der Waals surface area (Å²) in [6, 6.07) is 2.00. The van der Waals surface area contributed by atoms with Crippen molar-refractivity contribution in [3.63, 3.8) is 0 Å². The van der Waals surface area contributed by atoms with Gasteiger partial charge in [-0.3, -0.25) is 0 Å². The van der Waals surface area contributed by atoms with Gasteiger partial charge in [0.25, 0.3) is 0 Å². The Hall–Kier alpha value is -0.0800. The third kappa shape index (κ3) is 5.07. The second-order valence-corrected chi connectivity index (χ2v) is 7.21. The van der Waals surface area contributed by atoms with Crippen LogP contribution in [0.5, 0.6) is 0 Å². The molecule has 2 aliphatic carbocycles. The largest absolute Gasteiger partial charge is 0.328 e. The molecular formula is C17H34N2. The Labute approximate surface area is 119 Å². The average molecular weight is 266 g/mol. The van der Waals surface area contributed by atoms with Gasteiger partial charge in [-0.15, -0.1) is 0 Å². The van der Waals surface area contributed by atoms with Crippen LogP contribution >= 0.6 is 0 Å². The minimum Gasteiger partial charge on any atom is -0.328 e. The van der Waals surface area contributed by atoms with Crippen molar-refractivity contribution in [1.82, 2.24) is 5.32 Å². The molecule has 0 aromatic carbocycles. The predicted octanol–water partition coefficient (Wildman–Crippen LogP) is 3.84. The summed E-state index contributed by atoms with van der Waals surface area (Å²) in [4.78, 5) is 0. The van der Waals surface area contributed by atoms with Crippen molar-refractivity contribution in [3.8, 4) is 0 Å². The molecule has 19 heavy (non-hydrogen) atoms. The van der Waals surface area contributed by atoms with Crippen LogP contribution in [-0.4, -0.2) is 18.1 Å². The van der Waals surface area contributed by atoms with E-state index in [0.29, 0.717) is 12.1 Å². The van der Waals surface area contributed by atoms with Gasteiger partial charge >= 0.3 is 0 Å². The highest BCUT2D eigenvalue weighted by atomic mass is 14.9. The van der Waals surface area contributed by atoms with Gasteiger partial charge in [-0.05, 0) is 83.0 Å². The summed E-state index contributed by atoms with van der Waals surface area (Å²) in [5.74, 6) is 2.00. The summed E-state index contributed by atoms with van der Waals surface area (Å²) < 4.78 is 0. The Balaban J connectivity index is 1.63. The first-order valence-electron chi connectivity index (χ1n) is 8.69. The summed E-state index contributed by atoms with van der Waals surface area (Å²) in [6.45, 7) is 4.59. The van der Waals surface area contributed by atoms with Gasteiger partial charge in [-0.2, -0.15) is 0 Å². The van der Waals surface area contributed by atoms with Crippen LogP contribution in [0, 0.1) is 11.8 Å². The summed E-state index contributed by atoms with van der Waals surface area (Å²) in [5, 5.41) is 3.78. The monoisotopic (exact) mass is 266 g/mol. The fourth-order valence-corrected chi connectivity index (χ4v) is 3.98. The molecular weight excluding hydrogens is 232 g/mol. The minimum absolute atomic E-state index is 0.506. The lowest BCUT2D eigenvalue weighted by Crippen LogP contribution is -2.39. The maximum atomic E-state index is 6.00. The SMILES string of the molecule is CCC(C)NC1CCC(CC2CCC(N)CC2)CC1. The summed E-state index contributed by atoms with van der Waals surface area (Å²) in [6.07, 6.45) is 13.8. The maximum absolute atomic E-state index is 6.00. The van der Waals surface area contributed by atoms with Crippen LogP contribution in [0.3, 0.4) is 0 Å². The van der Waals surface area contributed by atoms with E-state index in [0.717, 1.165) is 17.9 Å². The number of hydrogen-bond acceptors (Lipinski definition) is 2. The van der Waals surface area contributed by atoms with Crippen molar-refractivity contribution in [3.05, 3.63) is 0 Å². The van der Waals surface area contributed by atoms with Crippen LogP contribution in [0.4, 0.5) is 0 Å². The molecule has 0 radical (unpaired) electrons. The molecule has 2 heteroatoms. The molecule has 1 atom stereocenters. The minimum atomic E-state index is 0.506. The molecule has 2 aliphatic rings. The lowest BCUT2D eigenvalue weighted by atomic mass is 9.76. The molecule has 2 nitrogen and oxygen atoms in total. The van der Waals surface area contributed by atoms with Crippen molar-refractivity contribution in [2.24, 2.45) is 17.6 Å². The van der Waals surface area contributed by atoms with E-state index in [4.69, 9.17) is 5.73 Å². The number of nitrogens with two attached hydrogens (primary N) is 1. The standard InChI is InChI=1S/C17H34N2/c1-3-13(2)19-17-10-6-15(7-11-17)12-14-4-8-16(18)9-5-14/h13-17,19H,3-12,18H2,1-2H3. The molecule has 3 N–H and O–H groups in total. The van der Waals surface area contributed by atoms with E-state index in [9.17, 15) is 0 Å². The molecule has 112 valence electrons.